The number of rotatable bonds is 6. The number of methoxy groups -OCH3 is 2. The number of hydrogen-bond donors (Lipinski definition) is 1. The van der Waals surface area contributed by atoms with Crippen LogP contribution in [0.3, 0.4) is 0 Å². The fraction of sp³-hybridized carbons (Fsp3) is 0.318. The first-order valence-electron chi connectivity index (χ1n) is 9.04. The lowest BCUT2D eigenvalue weighted by Gasteiger charge is -2.18. The highest BCUT2D eigenvalue weighted by atomic mass is 79.9. The Labute approximate surface area is 173 Å². The first kappa shape index (κ1) is 20.4. The van der Waals surface area contributed by atoms with Gasteiger partial charge in [0.1, 0.15) is 5.75 Å². The monoisotopic (exact) mass is 445 g/mol. The van der Waals surface area contributed by atoms with Crippen molar-refractivity contribution in [1.82, 2.24) is 4.57 Å². The highest BCUT2D eigenvalue weighted by Crippen LogP contribution is 2.37. The zero-order valence-corrected chi connectivity index (χ0v) is 18.0. The van der Waals surface area contributed by atoms with Crippen molar-refractivity contribution < 1.29 is 19.4 Å². The number of aliphatic hydroxyl groups excluding tert-OH is 1. The van der Waals surface area contributed by atoms with Crippen molar-refractivity contribution >= 4 is 32.8 Å². The van der Waals surface area contributed by atoms with Crippen molar-refractivity contribution in [2.75, 3.05) is 14.2 Å². The molecule has 3 aromatic rings. The number of ether oxygens (including phenoxy) is 2. The molecule has 0 radical (unpaired) electrons. The molecule has 1 aromatic heterocycles. The van der Waals surface area contributed by atoms with Gasteiger partial charge in [-0.1, -0.05) is 28.1 Å². The normalized spacial score (nSPS) is 13.4. The van der Waals surface area contributed by atoms with E-state index in [1.54, 1.807) is 14.0 Å². The largest absolute Gasteiger partial charge is 0.497 e. The van der Waals surface area contributed by atoms with Gasteiger partial charge in [0, 0.05) is 33.2 Å². The van der Waals surface area contributed by atoms with Crippen LogP contribution in [0.1, 0.15) is 29.8 Å². The number of nitrogens with zero attached hydrogens (tertiary/aromatic N) is 1. The topological polar surface area (TPSA) is 60.7 Å². The predicted molar refractivity (Wildman–Crippen MR) is 113 cm³/mol. The SMILES string of the molecule is COC(=O)C(C)C(O)c1c(C)n(Cc2ccc(Br)cc2)c2ccc(OC)cc12. The predicted octanol–water partition coefficient (Wildman–Crippen LogP) is 4.61. The second-order valence-electron chi connectivity index (χ2n) is 6.85. The van der Waals surface area contributed by atoms with E-state index in [9.17, 15) is 9.90 Å². The van der Waals surface area contributed by atoms with E-state index >= 15 is 0 Å². The Kier molecular flexibility index (Phi) is 6.10. The third kappa shape index (κ3) is 3.80. The van der Waals surface area contributed by atoms with Crippen molar-refractivity contribution in [3.63, 3.8) is 0 Å². The van der Waals surface area contributed by atoms with Crippen LogP contribution in [0.25, 0.3) is 10.9 Å². The van der Waals surface area contributed by atoms with E-state index in [-0.39, 0.29) is 0 Å². The van der Waals surface area contributed by atoms with Crippen LogP contribution >= 0.6 is 15.9 Å². The summed E-state index contributed by atoms with van der Waals surface area (Å²) in [5.41, 5.74) is 3.76. The summed E-state index contributed by atoms with van der Waals surface area (Å²) in [6, 6.07) is 13.9. The molecule has 148 valence electrons. The molecule has 5 nitrogen and oxygen atoms in total. The molecule has 1 N–H and O–H groups in total. The number of esters is 1. The van der Waals surface area contributed by atoms with Crippen molar-refractivity contribution in [3.8, 4) is 5.75 Å². The van der Waals surface area contributed by atoms with Crippen LogP contribution in [0.2, 0.25) is 0 Å². The second-order valence-corrected chi connectivity index (χ2v) is 7.77. The Morgan fingerprint density at radius 1 is 1.18 bits per heavy atom. The van der Waals surface area contributed by atoms with Crippen LogP contribution in [0.15, 0.2) is 46.9 Å². The Balaban J connectivity index is 2.15. The zero-order chi connectivity index (χ0) is 20.4. The van der Waals surface area contributed by atoms with Crippen molar-refractivity contribution in [3.05, 3.63) is 63.8 Å². The van der Waals surface area contributed by atoms with Gasteiger partial charge in [-0.15, -0.1) is 0 Å². The van der Waals surface area contributed by atoms with Gasteiger partial charge in [-0.3, -0.25) is 4.79 Å². The summed E-state index contributed by atoms with van der Waals surface area (Å²) in [7, 11) is 2.94. The van der Waals surface area contributed by atoms with Crippen molar-refractivity contribution in [2.45, 2.75) is 26.5 Å². The van der Waals surface area contributed by atoms with E-state index < -0.39 is 18.0 Å². The van der Waals surface area contributed by atoms with E-state index in [1.807, 2.05) is 37.3 Å². The second kappa shape index (κ2) is 8.37. The van der Waals surface area contributed by atoms with Crippen molar-refractivity contribution in [2.24, 2.45) is 5.92 Å². The number of halogens is 1. The van der Waals surface area contributed by atoms with E-state index in [2.05, 4.69) is 32.6 Å². The maximum absolute atomic E-state index is 12.0. The Bertz CT molecular complexity index is 994. The van der Waals surface area contributed by atoms with Gasteiger partial charge in [0.2, 0.25) is 0 Å². The number of fused-ring (bicyclic) bond motifs is 1. The van der Waals surface area contributed by atoms with Crippen LogP contribution in [0.5, 0.6) is 5.75 Å². The molecule has 28 heavy (non-hydrogen) atoms. The van der Waals surface area contributed by atoms with Gasteiger partial charge in [0.05, 0.1) is 26.2 Å². The van der Waals surface area contributed by atoms with Crippen LogP contribution < -0.4 is 4.74 Å². The van der Waals surface area contributed by atoms with Gasteiger partial charge in [0.15, 0.2) is 0 Å². The lowest BCUT2D eigenvalue weighted by atomic mass is 9.95. The fourth-order valence-electron chi connectivity index (χ4n) is 3.53. The van der Waals surface area contributed by atoms with Gasteiger partial charge in [-0.05, 0) is 49.7 Å². The molecule has 0 bridgehead atoms. The molecule has 2 atom stereocenters. The molecule has 0 aliphatic rings. The molecule has 0 amide bonds. The van der Waals surface area contributed by atoms with Gasteiger partial charge < -0.3 is 19.1 Å². The molecule has 3 rings (SSSR count). The highest BCUT2D eigenvalue weighted by molar-refractivity contribution is 9.10. The van der Waals surface area contributed by atoms with Gasteiger partial charge in [-0.2, -0.15) is 0 Å². The average molecular weight is 446 g/mol. The third-order valence-corrected chi connectivity index (χ3v) is 5.70. The molecule has 2 unspecified atom stereocenters. The van der Waals surface area contributed by atoms with E-state index in [1.165, 1.54) is 7.11 Å². The fourth-order valence-corrected chi connectivity index (χ4v) is 3.79. The van der Waals surface area contributed by atoms with E-state index in [0.717, 1.165) is 32.2 Å². The average Bonchev–Trinajstić information content (AvgIpc) is 2.98. The molecular formula is C22H24BrNO4. The molecule has 0 saturated heterocycles. The Morgan fingerprint density at radius 3 is 2.46 bits per heavy atom. The number of carbonyl (C=O) groups excluding carboxylic acids is 1. The molecule has 0 aliphatic heterocycles. The summed E-state index contributed by atoms with van der Waals surface area (Å²) in [5.74, 6) is -0.419. The third-order valence-electron chi connectivity index (χ3n) is 5.18. The van der Waals surface area contributed by atoms with Crippen LogP contribution in [0.4, 0.5) is 0 Å². The van der Waals surface area contributed by atoms with Crippen LogP contribution in [0, 0.1) is 12.8 Å². The quantitative estimate of drug-likeness (QED) is 0.562. The molecule has 0 spiro atoms. The Morgan fingerprint density at radius 2 is 1.86 bits per heavy atom. The summed E-state index contributed by atoms with van der Waals surface area (Å²) >= 11 is 3.46. The summed E-state index contributed by atoms with van der Waals surface area (Å²) in [6.07, 6.45) is -0.978. The van der Waals surface area contributed by atoms with Crippen LogP contribution in [-0.2, 0) is 16.1 Å². The number of carbonyl (C=O) groups is 1. The van der Waals surface area contributed by atoms with Gasteiger partial charge in [0.25, 0.3) is 0 Å². The van der Waals surface area contributed by atoms with Gasteiger partial charge in [-0.25, -0.2) is 0 Å². The minimum atomic E-state index is -0.978. The molecule has 0 saturated carbocycles. The maximum Gasteiger partial charge on any atom is 0.311 e. The molecule has 0 aliphatic carbocycles. The van der Waals surface area contributed by atoms with E-state index in [4.69, 9.17) is 9.47 Å². The smallest absolute Gasteiger partial charge is 0.311 e. The first-order valence-corrected chi connectivity index (χ1v) is 9.83. The van der Waals surface area contributed by atoms with Gasteiger partial charge >= 0.3 is 5.97 Å². The summed E-state index contributed by atoms with van der Waals surface area (Å²) < 4.78 is 13.4. The minimum Gasteiger partial charge on any atom is -0.497 e. The number of benzene rings is 2. The number of aliphatic hydroxyl groups is 1. The summed E-state index contributed by atoms with van der Waals surface area (Å²) in [4.78, 5) is 12.0. The highest BCUT2D eigenvalue weighted by Gasteiger charge is 2.29. The molecule has 2 aromatic carbocycles. The number of hydrogen-bond acceptors (Lipinski definition) is 4. The minimum absolute atomic E-state index is 0.441. The molecule has 0 fully saturated rings. The lowest BCUT2D eigenvalue weighted by molar-refractivity contribution is -0.148. The molecular weight excluding hydrogens is 422 g/mol. The Hall–Kier alpha value is -2.31. The number of aromatic nitrogens is 1. The maximum atomic E-state index is 12.0. The standard InChI is InChI=1S/C22H24BrNO4/c1-13(22(26)28-4)21(25)20-14(2)24(12-15-5-7-16(23)8-6-15)19-10-9-17(27-3)11-18(19)20/h5-11,13,21,25H,12H2,1-4H3. The summed E-state index contributed by atoms with van der Waals surface area (Å²) in [6.45, 7) is 4.29. The molecule has 1 heterocycles. The van der Waals surface area contributed by atoms with Crippen LogP contribution in [-0.4, -0.2) is 29.9 Å². The van der Waals surface area contributed by atoms with E-state index in [0.29, 0.717) is 12.3 Å². The first-order chi connectivity index (χ1) is 13.4. The summed E-state index contributed by atoms with van der Waals surface area (Å²) in [5, 5.41) is 11.9. The van der Waals surface area contributed by atoms with Crippen molar-refractivity contribution in [1.29, 1.82) is 0 Å². The lowest BCUT2D eigenvalue weighted by Crippen LogP contribution is -2.21. The zero-order valence-electron chi connectivity index (χ0n) is 16.4. The molecule has 6 heteroatoms.